The van der Waals surface area contributed by atoms with Crippen molar-refractivity contribution in [2.75, 3.05) is 0 Å². The third kappa shape index (κ3) is 5.15. The van der Waals surface area contributed by atoms with E-state index in [1.54, 1.807) is 47.8 Å². The Bertz CT molecular complexity index is 843. The van der Waals surface area contributed by atoms with Gasteiger partial charge in [-0.05, 0) is 96.0 Å². The highest BCUT2D eigenvalue weighted by Gasteiger charge is 2.04. The summed E-state index contributed by atoms with van der Waals surface area (Å²) in [5.74, 6) is 0. The van der Waals surface area contributed by atoms with Crippen LogP contribution >= 0.6 is 46.7 Å². The standard InChI is InChI=1S/C20H12Cl2O2S2/c21-19(23)13-1-5-15(6-2-13)25-17-9-11-18(12-10-17)26-16-7-3-14(4-8-16)20(22)24/h1-12H. The number of hydrogen-bond acceptors (Lipinski definition) is 4. The number of benzene rings is 3. The molecular weight excluding hydrogens is 407 g/mol. The molecule has 0 saturated heterocycles. The summed E-state index contributed by atoms with van der Waals surface area (Å²) in [6, 6.07) is 22.6. The first kappa shape index (κ1) is 19.1. The van der Waals surface area contributed by atoms with Crippen molar-refractivity contribution in [3.8, 4) is 0 Å². The minimum atomic E-state index is -0.452. The Labute approximate surface area is 169 Å². The highest BCUT2D eigenvalue weighted by molar-refractivity contribution is 7.99. The molecule has 0 heterocycles. The van der Waals surface area contributed by atoms with Crippen LogP contribution in [-0.4, -0.2) is 10.5 Å². The van der Waals surface area contributed by atoms with Crippen LogP contribution in [0.5, 0.6) is 0 Å². The van der Waals surface area contributed by atoms with Gasteiger partial charge in [-0.1, -0.05) is 23.5 Å². The molecule has 0 aromatic heterocycles. The molecule has 3 aromatic carbocycles. The van der Waals surface area contributed by atoms with E-state index in [0.29, 0.717) is 11.1 Å². The third-order valence-electron chi connectivity index (χ3n) is 3.46. The van der Waals surface area contributed by atoms with Crippen molar-refractivity contribution in [3.05, 3.63) is 83.9 Å². The van der Waals surface area contributed by atoms with Gasteiger partial charge < -0.3 is 0 Å². The molecule has 0 saturated carbocycles. The van der Waals surface area contributed by atoms with Gasteiger partial charge in [-0.2, -0.15) is 0 Å². The minimum absolute atomic E-state index is 0.452. The average molecular weight is 419 g/mol. The smallest absolute Gasteiger partial charge is 0.252 e. The number of rotatable bonds is 6. The Morgan fingerprint density at radius 2 is 0.731 bits per heavy atom. The molecule has 0 amide bonds. The molecule has 3 aromatic rings. The maximum atomic E-state index is 11.1. The van der Waals surface area contributed by atoms with Crippen molar-refractivity contribution in [2.24, 2.45) is 0 Å². The van der Waals surface area contributed by atoms with Gasteiger partial charge in [0.2, 0.25) is 0 Å². The van der Waals surface area contributed by atoms with Crippen molar-refractivity contribution >= 4 is 57.2 Å². The van der Waals surface area contributed by atoms with Crippen LogP contribution < -0.4 is 0 Å². The normalized spacial score (nSPS) is 10.5. The largest absolute Gasteiger partial charge is 0.276 e. The zero-order chi connectivity index (χ0) is 18.5. The van der Waals surface area contributed by atoms with Crippen LogP contribution in [0.15, 0.2) is 92.4 Å². The summed E-state index contributed by atoms with van der Waals surface area (Å²) < 4.78 is 0. The lowest BCUT2D eigenvalue weighted by molar-refractivity contribution is 0.107. The molecule has 0 atom stereocenters. The molecular formula is C20H12Cl2O2S2. The van der Waals surface area contributed by atoms with E-state index in [1.807, 2.05) is 48.5 Å². The first-order valence-electron chi connectivity index (χ1n) is 7.57. The van der Waals surface area contributed by atoms with Gasteiger partial charge in [0.25, 0.3) is 10.5 Å². The molecule has 0 spiro atoms. The summed E-state index contributed by atoms with van der Waals surface area (Å²) >= 11 is 14.1. The zero-order valence-corrected chi connectivity index (χ0v) is 16.5. The van der Waals surface area contributed by atoms with Crippen LogP contribution in [0.4, 0.5) is 0 Å². The van der Waals surface area contributed by atoms with E-state index >= 15 is 0 Å². The van der Waals surface area contributed by atoms with Gasteiger partial charge in [0.15, 0.2) is 0 Å². The van der Waals surface area contributed by atoms with E-state index in [-0.39, 0.29) is 0 Å². The third-order valence-corrected chi connectivity index (χ3v) is 5.93. The Morgan fingerprint density at radius 3 is 0.962 bits per heavy atom. The number of halogens is 2. The molecule has 130 valence electrons. The molecule has 3 rings (SSSR count). The highest BCUT2D eigenvalue weighted by atomic mass is 35.5. The van der Waals surface area contributed by atoms with E-state index in [0.717, 1.165) is 19.6 Å². The number of carbonyl (C=O) groups is 2. The van der Waals surface area contributed by atoms with Crippen molar-refractivity contribution < 1.29 is 9.59 Å². The van der Waals surface area contributed by atoms with E-state index in [4.69, 9.17) is 23.2 Å². The lowest BCUT2D eigenvalue weighted by Gasteiger charge is -2.05. The quantitative estimate of drug-likeness (QED) is 0.414. The summed E-state index contributed by atoms with van der Waals surface area (Å²) in [4.78, 5) is 26.4. The Hall–Kier alpha value is -1.72. The second-order valence-electron chi connectivity index (χ2n) is 5.27. The maximum absolute atomic E-state index is 11.1. The van der Waals surface area contributed by atoms with Crippen LogP contribution in [0.2, 0.25) is 0 Å². The first-order chi connectivity index (χ1) is 12.5. The highest BCUT2D eigenvalue weighted by Crippen LogP contribution is 2.32. The zero-order valence-electron chi connectivity index (χ0n) is 13.3. The number of carbonyl (C=O) groups excluding carboxylic acids is 2. The SMILES string of the molecule is O=C(Cl)c1ccc(Sc2ccc(Sc3ccc(C(=O)Cl)cc3)cc2)cc1. The Kier molecular flexibility index (Phi) is 6.43. The average Bonchev–Trinajstić information content (AvgIpc) is 2.64. The molecule has 0 aliphatic rings. The van der Waals surface area contributed by atoms with Crippen molar-refractivity contribution in [2.45, 2.75) is 19.6 Å². The summed E-state index contributed by atoms with van der Waals surface area (Å²) in [6.07, 6.45) is 0. The van der Waals surface area contributed by atoms with Crippen molar-refractivity contribution in [1.82, 2.24) is 0 Å². The fourth-order valence-electron chi connectivity index (χ4n) is 2.16. The van der Waals surface area contributed by atoms with Crippen LogP contribution in [0, 0.1) is 0 Å². The molecule has 0 bridgehead atoms. The number of hydrogen-bond donors (Lipinski definition) is 0. The molecule has 0 radical (unpaired) electrons. The Balaban J connectivity index is 1.64. The van der Waals surface area contributed by atoms with Gasteiger partial charge >= 0.3 is 0 Å². The van der Waals surface area contributed by atoms with Gasteiger partial charge in [-0.25, -0.2) is 0 Å². The topological polar surface area (TPSA) is 34.1 Å². The van der Waals surface area contributed by atoms with Gasteiger partial charge in [0.05, 0.1) is 0 Å². The van der Waals surface area contributed by atoms with Gasteiger partial charge in [0.1, 0.15) is 0 Å². The second kappa shape index (κ2) is 8.78. The predicted octanol–water partition coefficient (Wildman–Crippen LogP) is 6.75. The molecule has 0 aliphatic carbocycles. The molecule has 0 N–H and O–H groups in total. The maximum Gasteiger partial charge on any atom is 0.252 e. The summed E-state index contributed by atoms with van der Waals surface area (Å²) in [5, 5.41) is -0.905. The monoisotopic (exact) mass is 418 g/mol. The fraction of sp³-hybridized carbons (Fsp3) is 0. The fourth-order valence-corrected chi connectivity index (χ4v) is 4.04. The molecule has 6 heteroatoms. The summed E-state index contributed by atoms with van der Waals surface area (Å²) in [5.41, 5.74) is 0.981. The van der Waals surface area contributed by atoms with Gasteiger partial charge in [0, 0.05) is 30.7 Å². The van der Waals surface area contributed by atoms with Crippen LogP contribution in [0.25, 0.3) is 0 Å². The minimum Gasteiger partial charge on any atom is -0.276 e. The summed E-state index contributed by atoms with van der Waals surface area (Å²) in [6.45, 7) is 0. The molecule has 26 heavy (non-hydrogen) atoms. The molecule has 0 aliphatic heterocycles. The van der Waals surface area contributed by atoms with Crippen LogP contribution in [-0.2, 0) is 0 Å². The van der Waals surface area contributed by atoms with E-state index in [2.05, 4.69) is 0 Å². The van der Waals surface area contributed by atoms with Gasteiger partial charge in [-0.15, -0.1) is 0 Å². The van der Waals surface area contributed by atoms with Crippen LogP contribution in [0.3, 0.4) is 0 Å². The lowest BCUT2D eigenvalue weighted by atomic mass is 10.2. The summed E-state index contributed by atoms with van der Waals surface area (Å²) in [7, 11) is 0. The van der Waals surface area contributed by atoms with Crippen molar-refractivity contribution in [3.63, 3.8) is 0 Å². The van der Waals surface area contributed by atoms with Crippen LogP contribution in [0.1, 0.15) is 20.7 Å². The predicted molar refractivity (Wildman–Crippen MR) is 108 cm³/mol. The molecule has 0 fully saturated rings. The van der Waals surface area contributed by atoms with Crippen molar-refractivity contribution in [1.29, 1.82) is 0 Å². The molecule has 0 unspecified atom stereocenters. The molecule has 2 nitrogen and oxygen atoms in total. The Morgan fingerprint density at radius 1 is 0.500 bits per heavy atom. The van der Waals surface area contributed by atoms with E-state index in [9.17, 15) is 9.59 Å². The second-order valence-corrected chi connectivity index (χ2v) is 8.25. The first-order valence-corrected chi connectivity index (χ1v) is 9.96. The van der Waals surface area contributed by atoms with E-state index < -0.39 is 10.5 Å². The van der Waals surface area contributed by atoms with Gasteiger partial charge in [-0.3, -0.25) is 9.59 Å². The lowest BCUT2D eigenvalue weighted by Crippen LogP contribution is -1.87. The van der Waals surface area contributed by atoms with E-state index in [1.165, 1.54) is 0 Å².